The summed E-state index contributed by atoms with van der Waals surface area (Å²) in [7, 11) is 0. The monoisotopic (exact) mass is 189 g/mol. The molecule has 0 saturated carbocycles. The van der Waals surface area contributed by atoms with E-state index in [2.05, 4.69) is 15.0 Å². The van der Waals surface area contributed by atoms with Crippen molar-refractivity contribution in [3.05, 3.63) is 41.7 Å². The molecule has 0 N–H and O–H groups in total. The highest BCUT2D eigenvalue weighted by Crippen LogP contribution is 2.13. The number of pyridine rings is 1. The van der Waals surface area contributed by atoms with Crippen molar-refractivity contribution in [2.45, 2.75) is 0 Å². The second kappa shape index (κ2) is 3.91. The van der Waals surface area contributed by atoms with Gasteiger partial charge in [0.2, 0.25) is 5.13 Å². The summed E-state index contributed by atoms with van der Waals surface area (Å²) >= 11 is 1.51. The third-order valence-corrected chi connectivity index (χ3v) is 2.09. The summed E-state index contributed by atoms with van der Waals surface area (Å²) in [6, 6.07) is 5.70. The predicted octanol–water partition coefficient (Wildman–Crippen LogP) is 2.29. The number of hydrogen-bond acceptors (Lipinski definition) is 4. The summed E-state index contributed by atoms with van der Waals surface area (Å²) in [5.74, 6) is 0. The third-order valence-electron chi connectivity index (χ3n) is 1.41. The van der Waals surface area contributed by atoms with Crippen LogP contribution in [0.3, 0.4) is 0 Å². The van der Waals surface area contributed by atoms with Crippen LogP contribution in [0.15, 0.2) is 41.0 Å². The van der Waals surface area contributed by atoms with Crippen molar-refractivity contribution in [2.24, 2.45) is 4.99 Å². The van der Waals surface area contributed by atoms with Crippen LogP contribution in [0.1, 0.15) is 5.69 Å². The lowest BCUT2D eigenvalue weighted by molar-refractivity contribution is 1.29. The summed E-state index contributed by atoms with van der Waals surface area (Å²) in [4.78, 5) is 12.3. The Balaban J connectivity index is 2.15. The first-order chi connectivity index (χ1) is 6.45. The maximum Gasteiger partial charge on any atom is 0.209 e. The normalized spacial score (nSPS) is 10.8. The van der Waals surface area contributed by atoms with Gasteiger partial charge in [-0.25, -0.2) is 9.98 Å². The van der Waals surface area contributed by atoms with E-state index in [0.29, 0.717) is 0 Å². The lowest BCUT2D eigenvalue weighted by atomic mass is 10.4. The van der Waals surface area contributed by atoms with Gasteiger partial charge in [-0.3, -0.25) is 4.98 Å². The Labute approximate surface area is 79.8 Å². The second-order valence-corrected chi connectivity index (χ2v) is 3.20. The molecule has 2 aromatic rings. The Morgan fingerprint density at radius 2 is 2.23 bits per heavy atom. The molecule has 0 amide bonds. The lowest BCUT2D eigenvalue weighted by Crippen LogP contribution is -1.83. The van der Waals surface area contributed by atoms with Gasteiger partial charge in [-0.05, 0) is 12.1 Å². The van der Waals surface area contributed by atoms with E-state index in [-0.39, 0.29) is 0 Å². The van der Waals surface area contributed by atoms with E-state index < -0.39 is 0 Å². The van der Waals surface area contributed by atoms with Crippen molar-refractivity contribution in [1.82, 2.24) is 9.97 Å². The van der Waals surface area contributed by atoms with E-state index in [4.69, 9.17) is 0 Å². The number of nitrogens with zero attached hydrogens (tertiary/aromatic N) is 3. The molecule has 0 saturated heterocycles. The molecular weight excluding hydrogens is 182 g/mol. The Morgan fingerprint density at radius 1 is 1.23 bits per heavy atom. The van der Waals surface area contributed by atoms with Gasteiger partial charge < -0.3 is 0 Å². The Morgan fingerprint density at radius 3 is 2.92 bits per heavy atom. The van der Waals surface area contributed by atoms with Gasteiger partial charge in [-0.2, -0.15) is 0 Å². The molecule has 0 radical (unpaired) electrons. The van der Waals surface area contributed by atoms with Crippen LogP contribution in [0.4, 0.5) is 5.13 Å². The first-order valence-corrected chi connectivity index (χ1v) is 4.68. The quantitative estimate of drug-likeness (QED) is 0.680. The minimum atomic E-state index is 0.755. The molecular formula is C9H7N3S. The molecule has 0 unspecified atom stereocenters. The highest BCUT2D eigenvalue weighted by atomic mass is 32.1. The largest absolute Gasteiger partial charge is 0.255 e. The minimum absolute atomic E-state index is 0.755. The third kappa shape index (κ3) is 2.19. The molecule has 0 aliphatic carbocycles. The first kappa shape index (κ1) is 8.07. The van der Waals surface area contributed by atoms with E-state index in [0.717, 1.165) is 10.8 Å². The molecule has 2 heterocycles. The van der Waals surface area contributed by atoms with E-state index >= 15 is 0 Å². The Kier molecular flexibility index (Phi) is 2.43. The lowest BCUT2D eigenvalue weighted by Gasteiger charge is -1.87. The van der Waals surface area contributed by atoms with Crippen molar-refractivity contribution < 1.29 is 0 Å². The van der Waals surface area contributed by atoms with Gasteiger partial charge in [0.15, 0.2) is 0 Å². The molecule has 2 aromatic heterocycles. The molecule has 0 spiro atoms. The molecule has 0 aliphatic rings. The van der Waals surface area contributed by atoms with E-state index in [1.807, 2.05) is 23.6 Å². The van der Waals surface area contributed by atoms with Crippen molar-refractivity contribution in [2.75, 3.05) is 0 Å². The topological polar surface area (TPSA) is 38.1 Å². The average molecular weight is 189 g/mol. The predicted molar refractivity (Wildman–Crippen MR) is 53.6 cm³/mol. The summed E-state index contributed by atoms with van der Waals surface area (Å²) in [5.41, 5.74) is 0.845. The van der Waals surface area contributed by atoms with Crippen molar-refractivity contribution in [1.29, 1.82) is 0 Å². The van der Waals surface area contributed by atoms with Gasteiger partial charge >= 0.3 is 0 Å². The van der Waals surface area contributed by atoms with Crippen molar-refractivity contribution in [3.63, 3.8) is 0 Å². The number of hydrogen-bond donors (Lipinski definition) is 0. The van der Waals surface area contributed by atoms with Crippen LogP contribution in [0.2, 0.25) is 0 Å². The maximum atomic E-state index is 4.16. The molecule has 0 fully saturated rings. The maximum absolute atomic E-state index is 4.16. The zero-order valence-corrected chi connectivity index (χ0v) is 7.61. The SMILES string of the molecule is C(=N\c1nccs1)/c1ccccn1. The zero-order valence-electron chi connectivity index (χ0n) is 6.79. The smallest absolute Gasteiger partial charge is 0.209 e. The second-order valence-electron chi connectivity index (χ2n) is 2.33. The summed E-state index contributed by atoms with van der Waals surface area (Å²) in [6.45, 7) is 0. The molecule has 4 heteroatoms. The van der Waals surface area contributed by atoms with E-state index in [1.54, 1.807) is 18.6 Å². The number of rotatable bonds is 2. The Hall–Kier alpha value is -1.55. The molecule has 3 nitrogen and oxygen atoms in total. The molecule has 64 valence electrons. The average Bonchev–Trinajstić information content (AvgIpc) is 2.69. The molecule has 0 bridgehead atoms. The molecule has 13 heavy (non-hydrogen) atoms. The van der Waals surface area contributed by atoms with Gasteiger partial charge in [0.25, 0.3) is 0 Å². The van der Waals surface area contributed by atoms with Crippen LogP contribution < -0.4 is 0 Å². The molecule has 0 aliphatic heterocycles. The highest BCUT2D eigenvalue weighted by Gasteiger charge is 1.89. The zero-order chi connectivity index (χ0) is 8.93. The van der Waals surface area contributed by atoms with Crippen LogP contribution in [0.5, 0.6) is 0 Å². The van der Waals surface area contributed by atoms with Crippen LogP contribution in [0, 0.1) is 0 Å². The summed E-state index contributed by atoms with van der Waals surface area (Å²) in [5, 5.41) is 2.65. The van der Waals surface area contributed by atoms with Gasteiger partial charge in [0.1, 0.15) is 0 Å². The van der Waals surface area contributed by atoms with Crippen molar-refractivity contribution in [3.8, 4) is 0 Å². The number of aliphatic imine (C=N–C) groups is 1. The highest BCUT2D eigenvalue weighted by molar-refractivity contribution is 7.13. The van der Waals surface area contributed by atoms with Crippen LogP contribution in [-0.4, -0.2) is 16.2 Å². The van der Waals surface area contributed by atoms with Crippen LogP contribution in [0.25, 0.3) is 0 Å². The van der Waals surface area contributed by atoms with Gasteiger partial charge in [-0.1, -0.05) is 6.07 Å². The Bertz CT molecular complexity index is 381. The van der Waals surface area contributed by atoms with Crippen molar-refractivity contribution >= 4 is 22.7 Å². The minimum Gasteiger partial charge on any atom is -0.255 e. The summed E-state index contributed by atoms with van der Waals surface area (Å²) < 4.78 is 0. The number of thiazole rings is 1. The van der Waals surface area contributed by atoms with Gasteiger partial charge in [0, 0.05) is 17.8 Å². The molecule has 0 aromatic carbocycles. The molecule has 0 atom stereocenters. The first-order valence-electron chi connectivity index (χ1n) is 3.80. The summed E-state index contributed by atoms with van der Waals surface area (Å²) in [6.07, 6.45) is 5.18. The van der Waals surface area contributed by atoms with Crippen LogP contribution in [-0.2, 0) is 0 Å². The van der Waals surface area contributed by atoms with Crippen LogP contribution >= 0.6 is 11.3 Å². The fourth-order valence-corrected chi connectivity index (χ4v) is 1.33. The fourth-order valence-electron chi connectivity index (χ4n) is 0.853. The standard InChI is InChI=1S/C9H7N3S/c1-2-4-10-8(3-1)7-12-9-11-5-6-13-9/h1-7H/b12-7+. The van der Waals surface area contributed by atoms with E-state index in [1.165, 1.54) is 11.3 Å². The van der Waals surface area contributed by atoms with Gasteiger partial charge in [0.05, 0.1) is 11.9 Å². The van der Waals surface area contributed by atoms with Gasteiger partial charge in [-0.15, -0.1) is 11.3 Å². The fraction of sp³-hybridized carbons (Fsp3) is 0. The van der Waals surface area contributed by atoms with E-state index in [9.17, 15) is 0 Å². The number of aromatic nitrogens is 2. The molecule has 2 rings (SSSR count).